The van der Waals surface area contributed by atoms with Crippen molar-refractivity contribution < 1.29 is 9.18 Å². The fourth-order valence-electron chi connectivity index (χ4n) is 3.76. The van der Waals surface area contributed by atoms with E-state index in [1.165, 1.54) is 18.2 Å². The average Bonchev–Trinajstić information content (AvgIpc) is 2.68. The number of carbonyl (C=O) groups is 1. The summed E-state index contributed by atoms with van der Waals surface area (Å²) in [5.74, 6) is -0.769. The predicted octanol–water partition coefficient (Wildman–Crippen LogP) is 3.93. The van der Waals surface area contributed by atoms with Gasteiger partial charge in [-0.2, -0.15) is 0 Å². The summed E-state index contributed by atoms with van der Waals surface area (Å²) in [6.45, 7) is 5.25. The standard InChI is InChI=1S/C22H21ClFN3O2/c1-12-3-5-15-21(13(12)2)26-19-7-8-27(10-16(19)22(15)29)11-20(28)25-14-4-6-18(24)17(23)9-14/h3-6,9H,7-8,10-11H2,1-2H3,(H,25,28)(H,26,29). The Bertz CT molecular complexity index is 1190. The third-order valence-electron chi connectivity index (χ3n) is 5.53. The Morgan fingerprint density at radius 3 is 2.83 bits per heavy atom. The van der Waals surface area contributed by atoms with Crippen LogP contribution in [0.4, 0.5) is 10.1 Å². The van der Waals surface area contributed by atoms with E-state index in [2.05, 4.69) is 10.3 Å². The van der Waals surface area contributed by atoms with Crippen molar-refractivity contribution in [3.05, 3.63) is 73.8 Å². The van der Waals surface area contributed by atoms with Crippen molar-refractivity contribution in [3.8, 4) is 0 Å². The molecule has 2 heterocycles. The second-order valence-electron chi connectivity index (χ2n) is 7.48. The van der Waals surface area contributed by atoms with Gasteiger partial charge in [-0.1, -0.05) is 17.7 Å². The van der Waals surface area contributed by atoms with Crippen LogP contribution in [0, 0.1) is 19.7 Å². The number of aromatic nitrogens is 1. The fraction of sp³-hybridized carbons (Fsp3) is 0.273. The van der Waals surface area contributed by atoms with E-state index in [9.17, 15) is 14.0 Å². The summed E-state index contributed by atoms with van der Waals surface area (Å²) in [5, 5.41) is 3.36. The van der Waals surface area contributed by atoms with E-state index in [0.717, 1.165) is 22.3 Å². The van der Waals surface area contributed by atoms with Gasteiger partial charge in [-0.3, -0.25) is 14.5 Å². The monoisotopic (exact) mass is 413 g/mol. The lowest BCUT2D eigenvalue weighted by molar-refractivity contribution is -0.117. The fourth-order valence-corrected chi connectivity index (χ4v) is 3.94. The summed E-state index contributed by atoms with van der Waals surface area (Å²) in [4.78, 5) is 30.8. The van der Waals surface area contributed by atoms with Crippen molar-refractivity contribution in [2.75, 3.05) is 18.4 Å². The number of nitrogens with one attached hydrogen (secondary N) is 2. The first kappa shape index (κ1) is 19.6. The molecule has 0 fully saturated rings. The van der Waals surface area contributed by atoms with Crippen LogP contribution in [0.3, 0.4) is 0 Å². The molecule has 0 unspecified atom stereocenters. The maximum Gasteiger partial charge on any atom is 0.238 e. The van der Waals surface area contributed by atoms with Crippen LogP contribution >= 0.6 is 11.6 Å². The number of nitrogens with zero attached hydrogens (tertiary/aromatic N) is 1. The number of aryl methyl sites for hydroxylation is 2. The molecule has 1 aliphatic heterocycles. The van der Waals surface area contributed by atoms with Gasteiger partial charge in [-0.25, -0.2) is 4.39 Å². The van der Waals surface area contributed by atoms with Crippen LogP contribution in [0.1, 0.15) is 22.4 Å². The summed E-state index contributed by atoms with van der Waals surface area (Å²) < 4.78 is 13.3. The van der Waals surface area contributed by atoms with Gasteiger partial charge in [0, 0.05) is 41.8 Å². The van der Waals surface area contributed by atoms with Crippen LogP contribution in [0.15, 0.2) is 35.1 Å². The minimum absolute atomic E-state index is 0.0206. The summed E-state index contributed by atoms with van der Waals surface area (Å²) in [5.41, 5.74) is 5.24. The molecular weight excluding hydrogens is 393 g/mol. The number of halogens is 2. The van der Waals surface area contributed by atoms with Gasteiger partial charge in [0.25, 0.3) is 0 Å². The first-order valence-corrected chi connectivity index (χ1v) is 9.82. The molecule has 4 rings (SSSR count). The predicted molar refractivity (Wildman–Crippen MR) is 113 cm³/mol. The summed E-state index contributed by atoms with van der Waals surface area (Å²) in [7, 11) is 0. The van der Waals surface area contributed by atoms with Gasteiger partial charge in [0.1, 0.15) is 5.82 Å². The molecule has 150 valence electrons. The Kier molecular flexibility index (Phi) is 5.15. The van der Waals surface area contributed by atoms with E-state index >= 15 is 0 Å². The topological polar surface area (TPSA) is 65.2 Å². The molecule has 0 bridgehead atoms. The third-order valence-corrected chi connectivity index (χ3v) is 5.81. The van der Waals surface area contributed by atoms with Gasteiger partial charge in [0.05, 0.1) is 17.1 Å². The second-order valence-corrected chi connectivity index (χ2v) is 7.89. The number of aromatic amines is 1. The summed E-state index contributed by atoms with van der Waals surface area (Å²) in [6, 6.07) is 7.87. The first-order chi connectivity index (χ1) is 13.8. The smallest absolute Gasteiger partial charge is 0.238 e. The molecule has 1 aromatic heterocycles. The highest BCUT2D eigenvalue weighted by molar-refractivity contribution is 6.31. The van der Waals surface area contributed by atoms with Gasteiger partial charge >= 0.3 is 0 Å². The van der Waals surface area contributed by atoms with Crippen LogP contribution < -0.4 is 10.7 Å². The Balaban J connectivity index is 1.53. The highest BCUT2D eigenvalue weighted by atomic mass is 35.5. The lowest BCUT2D eigenvalue weighted by Gasteiger charge is -2.28. The van der Waals surface area contributed by atoms with Crippen molar-refractivity contribution in [1.82, 2.24) is 9.88 Å². The third kappa shape index (κ3) is 3.78. The average molecular weight is 414 g/mol. The Morgan fingerprint density at radius 1 is 1.28 bits per heavy atom. The molecule has 0 saturated carbocycles. The molecular formula is C22H21ClFN3O2. The van der Waals surface area contributed by atoms with Gasteiger partial charge in [0.2, 0.25) is 5.91 Å². The zero-order valence-corrected chi connectivity index (χ0v) is 17.0. The minimum atomic E-state index is -0.533. The minimum Gasteiger partial charge on any atom is -0.358 e. The summed E-state index contributed by atoms with van der Waals surface area (Å²) in [6.07, 6.45) is 0.670. The van der Waals surface area contributed by atoms with E-state index in [4.69, 9.17) is 11.6 Å². The molecule has 7 heteroatoms. The highest BCUT2D eigenvalue weighted by Gasteiger charge is 2.23. The van der Waals surface area contributed by atoms with Crippen LogP contribution in [-0.2, 0) is 17.8 Å². The zero-order chi connectivity index (χ0) is 20.7. The SMILES string of the molecule is Cc1ccc2c(=O)c3c([nH]c2c1C)CCN(CC(=O)Nc1ccc(F)c(Cl)c1)C3. The Morgan fingerprint density at radius 2 is 2.07 bits per heavy atom. The summed E-state index contributed by atoms with van der Waals surface area (Å²) >= 11 is 5.76. The number of hydrogen-bond donors (Lipinski definition) is 2. The molecule has 0 saturated heterocycles. The van der Waals surface area contributed by atoms with E-state index in [1.54, 1.807) is 0 Å². The second kappa shape index (κ2) is 7.61. The molecule has 2 N–H and O–H groups in total. The quantitative estimate of drug-likeness (QED) is 0.683. The molecule has 0 atom stereocenters. The number of benzene rings is 2. The molecule has 1 amide bonds. The number of H-pyrrole nitrogens is 1. The highest BCUT2D eigenvalue weighted by Crippen LogP contribution is 2.23. The lowest BCUT2D eigenvalue weighted by atomic mass is 9.99. The zero-order valence-electron chi connectivity index (χ0n) is 16.2. The number of rotatable bonds is 3. The van der Waals surface area contributed by atoms with E-state index in [1.807, 2.05) is 30.9 Å². The molecule has 29 heavy (non-hydrogen) atoms. The van der Waals surface area contributed by atoms with E-state index < -0.39 is 5.82 Å². The molecule has 0 radical (unpaired) electrons. The van der Waals surface area contributed by atoms with E-state index in [-0.39, 0.29) is 22.9 Å². The maximum absolute atomic E-state index is 13.3. The number of hydrogen-bond acceptors (Lipinski definition) is 3. The van der Waals surface area contributed by atoms with Crippen molar-refractivity contribution in [3.63, 3.8) is 0 Å². The van der Waals surface area contributed by atoms with Crippen molar-refractivity contribution in [2.45, 2.75) is 26.8 Å². The molecule has 0 aliphatic carbocycles. The molecule has 2 aromatic carbocycles. The number of pyridine rings is 1. The van der Waals surface area contributed by atoms with Gasteiger partial charge in [0.15, 0.2) is 5.43 Å². The Hall–Kier alpha value is -2.70. The van der Waals surface area contributed by atoms with E-state index in [0.29, 0.717) is 36.1 Å². The van der Waals surface area contributed by atoms with Crippen LogP contribution in [-0.4, -0.2) is 28.9 Å². The number of anilines is 1. The van der Waals surface area contributed by atoms with Crippen LogP contribution in [0.25, 0.3) is 10.9 Å². The van der Waals surface area contributed by atoms with Crippen LogP contribution in [0.2, 0.25) is 5.02 Å². The molecule has 5 nitrogen and oxygen atoms in total. The van der Waals surface area contributed by atoms with Crippen molar-refractivity contribution in [2.24, 2.45) is 0 Å². The van der Waals surface area contributed by atoms with Gasteiger partial charge in [-0.05, 0) is 49.2 Å². The largest absolute Gasteiger partial charge is 0.358 e. The van der Waals surface area contributed by atoms with Gasteiger partial charge < -0.3 is 10.3 Å². The number of amides is 1. The lowest BCUT2D eigenvalue weighted by Crippen LogP contribution is -2.39. The van der Waals surface area contributed by atoms with Crippen LogP contribution in [0.5, 0.6) is 0 Å². The Labute approximate surface area is 172 Å². The van der Waals surface area contributed by atoms with Crippen molar-refractivity contribution in [1.29, 1.82) is 0 Å². The van der Waals surface area contributed by atoms with Crippen molar-refractivity contribution >= 4 is 34.1 Å². The number of carbonyl (C=O) groups excluding carboxylic acids is 1. The van der Waals surface area contributed by atoms with Gasteiger partial charge in [-0.15, -0.1) is 0 Å². The number of fused-ring (bicyclic) bond motifs is 2. The molecule has 0 spiro atoms. The molecule has 3 aromatic rings. The first-order valence-electron chi connectivity index (χ1n) is 9.44. The normalized spacial score (nSPS) is 14.1. The molecule has 1 aliphatic rings. The maximum atomic E-state index is 13.3.